The molecule has 100 valence electrons. The van der Waals surface area contributed by atoms with Crippen LogP contribution in [-0.4, -0.2) is 38.0 Å². The molecule has 0 aliphatic heterocycles. The number of amides is 1. The van der Waals surface area contributed by atoms with Gasteiger partial charge in [-0.25, -0.2) is 0 Å². The van der Waals surface area contributed by atoms with Crippen LogP contribution >= 0.6 is 0 Å². The Morgan fingerprint density at radius 1 is 1.22 bits per heavy atom. The van der Waals surface area contributed by atoms with E-state index in [1.54, 1.807) is 0 Å². The van der Waals surface area contributed by atoms with Crippen molar-refractivity contribution in [2.24, 2.45) is 5.73 Å². The minimum Gasteiger partial charge on any atom is -0.356 e. The summed E-state index contributed by atoms with van der Waals surface area (Å²) in [4.78, 5) is 13.8. The maximum Gasteiger partial charge on any atom is 0.224 e. The lowest BCUT2D eigenvalue weighted by Crippen LogP contribution is -2.28. The smallest absolute Gasteiger partial charge is 0.224 e. The fourth-order valence-corrected chi connectivity index (χ4v) is 1.66. The van der Waals surface area contributed by atoms with Crippen LogP contribution in [0.25, 0.3) is 0 Å². The molecule has 1 rings (SSSR count). The van der Waals surface area contributed by atoms with Crippen molar-refractivity contribution >= 4 is 5.91 Å². The van der Waals surface area contributed by atoms with Crippen LogP contribution in [0.5, 0.6) is 0 Å². The molecule has 0 saturated carbocycles. The molecular weight excluding hydrogens is 226 g/mol. The number of hydrogen-bond donors (Lipinski definition) is 2. The van der Waals surface area contributed by atoms with Gasteiger partial charge in [0.05, 0.1) is 6.42 Å². The van der Waals surface area contributed by atoms with Gasteiger partial charge in [0, 0.05) is 13.1 Å². The quantitative estimate of drug-likeness (QED) is 0.701. The Kier molecular flexibility index (Phi) is 6.39. The second-order valence-corrected chi connectivity index (χ2v) is 4.70. The van der Waals surface area contributed by atoms with Crippen LogP contribution in [-0.2, 0) is 17.8 Å². The molecule has 0 fully saturated rings. The first-order chi connectivity index (χ1) is 8.61. The van der Waals surface area contributed by atoms with Crippen molar-refractivity contribution in [2.45, 2.75) is 19.4 Å². The molecule has 4 heteroatoms. The molecule has 0 aliphatic rings. The maximum atomic E-state index is 11.7. The molecule has 0 spiro atoms. The van der Waals surface area contributed by atoms with Crippen molar-refractivity contribution in [2.75, 3.05) is 27.2 Å². The average molecular weight is 249 g/mol. The third-order valence-corrected chi connectivity index (χ3v) is 2.73. The van der Waals surface area contributed by atoms with E-state index in [1.807, 2.05) is 38.4 Å². The van der Waals surface area contributed by atoms with E-state index >= 15 is 0 Å². The minimum absolute atomic E-state index is 0.0780. The Labute approximate surface area is 109 Å². The number of carbonyl (C=O) groups is 1. The maximum absolute atomic E-state index is 11.7. The summed E-state index contributed by atoms with van der Waals surface area (Å²) in [5.41, 5.74) is 7.64. The molecule has 0 aliphatic carbocycles. The number of rotatable bonds is 7. The van der Waals surface area contributed by atoms with Gasteiger partial charge in [-0.05, 0) is 38.2 Å². The van der Waals surface area contributed by atoms with E-state index in [4.69, 9.17) is 5.73 Å². The fourth-order valence-electron chi connectivity index (χ4n) is 1.66. The number of nitrogens with zero attached hydrogens (tertiary/aromatic N) is 1. The summed E-state index contributed by atoms with van der Waals surface area (Å²) in [6, 6.07) is 7.85. The fraction of sp³-hybridized carbons (Fsp3) is 0.500. The van der Waals surface area contributed by atoms with E-state index in [0.717, 1.165) is 30.6 Å². The van der Waals surface area contributed by atoms with Crippen LogP contribution in [0.1, 0.15) is 17.5 Å². The first kappa shape index (κ1) is 14.7. The Hall–Kier alpha value is -1.39. The third kappa shape index (κ3) is 5.80. The van der Waals surface area contributed by atoms with Gasteiger partial charge in [0.1, 0.15) is 0 Å². The predicted octanol–water partition coefficient (Wildman–Crippen LogP) is 0.756. The zero-order chi connectivity index (χ0) is 13.4. The topological polar surface area (TPSA) is 58.4 Å². The number of nitrogens with one attached hydrogen (secondary N) is 1. The van der Waals surface area contributed by atoms with Gasteiger partial charge in [-0.1, -0.05) is 24.3 Å². The Balaban J connectivity index is 2.26. The van der Waals surface area contributed by atoms with E-state index in [9.17, 15) is 4.79 Å². The summed E-state index contributed by atoms with van der Waals surface area (Å²) in [6.07, 6.45) is 1.41. The van der Waals surface area contributed by atoms with Gasteiger partial charge in [-0.15, -0.1) is 0 Å². The number of benzene rings is 1. The van der Waals surface area contributed by atoms with Crippen LogP contribution < -0.4 is 11.1 Å². The van der Waals surface area contributed by atoms with E-state index in [1.165, 1.54) is 0 Å². The largest absolute Gasteiger partial charge is 0.356 e. The Morgan fingerprint density at radius 2 is 1.83 bits per heavy atom. The summed E-state index contributed by atoms with van der Waals surface area (Å²) in [6.45, 7) is 2.26. The predicted molar refractivity (Wildman–Crippen MR) is 74.2 cm³/mol. The van der Waals surface area contributed by atoms with Crippen LogP contribution in [0.2, 0.25) is 0 Å². The second-order valence-electron chi connectivity index (χ2n) is 4.70. The normalized spacial score (nSPS) is 10.7. The first-order valence-corrected chi connectivity index (χ1v) is 6.31. The molecule has 18 heavy (non-hydrogen) atoms. The van der Waals surface area contributed by atoms with E-state index in [2.05, 4.69) is 10.2 Å². The highest BCUT2D eigenvalue weighted by Crippen LogP contribution is 2.04. The SMILES string of the molecule is CN(C)CCCNC(=O)Cc1ccc(CN)cc1. The van der Waals surface area contributed by atoms with Gasteiger partial charge < -0.3 is 16.0 Å². The molecule has 0 atom stereocenters. The highest BCUT2D eigenvalue weighted by atomic mass is 16.1. The molecule has 0 heterocycles. The highest BCUT2D eigenvalue weighted by Gasteiger charge is 2.02. The Morgan fingerprint density at radius 3 is 2.39 bits per heavy atom. The van der Waals surface area contributed by atoms with Crippen molar-refractivity contribution in [1.29, 1.82) is 0 Å². The van der Waals surface area contributed by atoms with Crippen molar-refractivity contribution in [3.05, 3.63) is 35.4 Å². The molecule has 4 nitrogen and oxygen atoms in total. The molecule has 0 bridgehead atoms. The summed E-state index contributed by atoms with van der Waals surface area (Å²) >= 11 is 0. The van der Waals surface area contributed by atoms with E-state index in [0.29, 0.717) is 13.0 Å². The highest BCUT2D eigenvalue weighted by molar-refractivity contribution is 5.78. The van der Waals surface area contributed by atoms with Crippen molar-refractivity contribution < 1.29 is 4.79 Å². The summed E-state index contributed by atoms with van der Waals surface area (Å²) in [7, 11) is 4.06. The van der Waals surface area contributed by atoms with Crippen LogP contribution in [0.15, 0.2) is 24.3 Å². The molecule has 0 saturated heterocycles. The summed E-state index contributed by atoms with van der Waals surface area (Å²) in [5, 5.41) is 2.92. The Bertz CT molecular complexity index is 360. The molecule has 0 aromatic heterocycles. The third-order valence-electron chi connectivity index (χ3n) is 2.73. The molecule has 1 aromatic carbocycles. The van der Waals surface area contributed by atoms with Crippen LogP contribution in [0.4, 0.5) is 0 Å². The summed E-state index contributed by atoms with van der Waals surface area (Å²) < 4.78 is 0. The van der Waals surface area contributed by atoms with Crippen LogP contribution in [0, 0.1) is 0 Å². The molecule has 0 unspecified atom stereocenters. The first-order valence-electron chi connectivity index (χ1n) is 6.31. The van der Waals surface area contributed by atoms with Gasteiger partial charge in [0.25, 0.3) is 0 Å². The standard InChI is InChI=1S/C14H23N3O/c1-17(2)9-3-8-16-14(18)10-12-4-6-13(11-15)7-5-12/h4-7H,3,8-11,15H2,1-2H3,(H,16,18). The van der Waals surface area contributed by atoms with Crippen molar-refractivity contribution in [3.8, 4) is 0 Å². The molecule has 1 aromatic rings. The zero-order valence-electron chi connectivity index (χ0n) is 11.3. The summed E-state index contributed by atoms with van der Waals surface area (Å²) in [5.74, 6) is 0.0780. The lowest BCUT2D eigenvalue weighted by Gasteiger charge is -2.10. The number of nitrogens with two attached hydrogens (primary N) is 1. The van der Waals surface area contributed by atoms with Gasteiger partial charge in [0.2, 0.25) is 5.91 Å². The van der Waals surface area contributed by atoms with Crippen molar-refractivity contribution in [3.63, 3.8) is 0 Å². The number of carbonyl (C=O) groups excluding carboxylic acids is 1. The van der Waals surface area contributed by atoms with E-state index < -0.39 is 0 Å². The van der Waals surface area contributed by atoms with Crippen molar-refractivity contribution in [1.82, 2.24) is 10.2 Å². The average Bonchev–Trinajstić information content (AvgIpc) is 2.35. The second kappa shape index (κ2) is 7.84. The monoisotopic (exact) mass is 249 g/mol. The lowest BCUT2D eigenvalue weighted by atomic mass is 10.1. The molecule has 0 radical (unpaired) electrons. The minimum atomic E-state index is 0.0780. The zero-order valence-corrected chi connectivity index (χ0v) is 11.3. The lowest BCUT2D eigenvalue weighted by molar-refractivity contribution is -0.120. The van der Waals surface area contributed by atoms with Gasteiger partial charge in [0.15, 0.2) is 0 Å². The van der Waals surface area contributed by atoms with Gasteiger partial charge >= 0.3 is 0 Å². The van der Waals surface area contributed by atoms with E-state index in [-0.39, 0.29) is 5.91 Å². The van der Waals surface area contributed by atoms with Gasteiger partial charge in [-0.3, -0.25) is 4.79 Å². The molecular formula is C14H23N3O. The number of hydrogen-bond acceptors (Lipinski definition) is 3. The van der Waals surface area contributed by atoms with Crippen LogP contribution in [0.3, 0.4) is 0 Å². The van der Waals surface area contributed by atoms with Gasteiger partial charge in [-0.2, -0.15) is 0 Å². The molecule has 3 N–H and O–H groups in total. The molecule has 1 amide bonds.